The molecule has 2 aromatic carbocycles. The molecule has 1 aromatic heterocycles. The van der Waals surface area contributed by atoms with Gasteiger partial charge in [0.1, 0.15) is 0 Å². The van der Waals surface area contributed by atoms with Gasteiger partial charge in [0.15, 0.2) is 11.5 Å². The molecule has 2 N–H and O–H groups in total. The molecule has 3 aromatic rings. The summed E-state index contributed by atoms with van der Waals surface area (Å²) in [5.74, 6) is 0.349. The van der Waals surface area contributed by atoms with Crippen LogP contribution in [-0.4, -0.2) is 42.3 Å². The molecule has 0 radical (unpaired) electrons. The fourth-order valence-corrected chi connectivity index (χ4v) is 4.65. The van der Waals surface area contributed by atoms with Crippen molar-refractivity contribution in [1.29, 1.82) is 0 Å². The molecule has 0 unspecified atom stereocenters. The summed E-state index contributed by atoms with van der Waals surface area (Å²) in [4.78, 5) is 17.5. The minimum absolute atomic E-state index is 0.256. The highest BCUT2D eigenvalue weighted by atomic mass is 35.5. The normalized spacial score (nSPS) is 15.2. The number of benzene rings is 2. The van der Waals surface area contributed by atoms with Crippen LogP contribution >= 0.6 is 23.2 Å². The van der Waals surface area contributed by atoms with E-state index in [-0.39, 0.29) is 11.6 Å². The van der Waals surface area contributed by atoms with Gasteiger partial charge >= 0.3 is 0 Å². The van der Waals surface area contributed by atoms with Crippen LogP contribution in [-0.2, 0) is 6.54 Å². The number of aromatic nitrogens is 2. The van der Waals surface area contributed by atoms with E-state index in [1.165, 1.54) is 12.8 Å². The van der Waals surface area contributed by atoms with Crippen molar-refractivity contribution >= 4 is 52.0 Å². The summed E-state index contributed by atoms with van der Waals surface area (Å²) < 4.78 is 0. The summed E-state index contributed by atoms with van der Waals surface area (Å²) in [6.45, 7) is 4.11. The van der Waals surface area contributed by atoms with Gasteiger partial charge < -0.3 is 20.4 Å². The van der Waals surface area contributed by atoms with Crippen LogP contribution in [0, 0.1) is 0 Å². The molecule has 9 heteroatoms. The van der Waals surface area contributed by atoms with Crippen molar-refractivity contribution in [2.45, 2.75) is 19.4 Å². The quantitative estimate of drug-likeness (QED) is 0.528. The van der Waals surface area contributed by atoms with Gasteiger partial charge in [-0.05, 0) is 60.9 Å². The van der Waals surface area contributed by atoms with E-state index < -0.39 is 0 Å². The average Bonchev–Trinajstić information content (AvgIpc) is 3.37. The lowest BCUT2D eigenvalue weighted by molar-refractivity contribution is 0.102. The predicted octanol–water partition coefficient (Wildman–Crippen LogP) is 5.07. The number of carbonyl (C=O) groups excluding carboxylic acids is 1. The molecule has 170 valence electrons. The number of nitrogens with zero attached hydrogens (tertiary/aromatic N) is 4. The third kappa shape index (κ3) is 4.84. The first kappa shape index (κ1) is 21.8. The largest absolute Gasteiger partial charge is 0.371 e. The molecule has 1 amide bonds. The fourth-order valence-electron chi connectivity index (χ4n) is 4.27. The molecule has 0 spiro atoms. The van der Waals surface area contributed by atoms with Crippen molar-refractivity contribution in [3.63, 3.8) is 0 Å². The molecule has 33 heavy (non-hydrogen) atoms. The van der Waals surface area contributed by atoms with Gasteiger partial charge in [-0.1, -0.05) is 29.3 Å². The topological polar surface area (TPSA) is 73.4 Å². The summed E-state index contributed by atoms with van der Waals surface area (Å²) in [6.07, 6.45) is 2.40. The lowest BCUT2D eigenvalue weighted by atomic mass is 10.1. The summed E-state index contributed by atoms with van der Waals surface area (Å²) in [6, 6.07) is 15.1. The summed E-state index contributed by atoms with van der Waals surface area (Å²) >= 11 is 12.5. The zero-order chi connectivity index (χ0) is 22.8. The third-order valence-electron chi connectivity index (χ3n) is 5.97. The molecule has 7 nitrogen and oxygen atoms in total. The average molecular weight is 483 g/mol. The predicted molar refractivity (Wildman–Crippen MR) is 134 cm³/mol. The highest BCUT2D eigenvalue weighted by Crippen LogP contribution is 2.31. The van der Waals surface area contributed by atoms with Gasteiger partial charge in [0, 0.05) is 54.1 Å². The van der Waals surface area contributed by atoms with Crippen molar-refractivity contribution in [3.05, 3.63) is 69.8 Å². The van der Waals surface area contributed by atoms with Gasteiger partial charge in [-0.2, -0.15) is 0 Å². The van der Waals surface area contributed by atoms with Crippen LogP contribution < -0.4 is 20.4 Å². The number of carbonyl (C=O) groups is 1. The second-order valence-corrected chi connectivity index (χ2v) is 9.09. The van der Waals surface area contributed by atoms with Gasteiger partial charge in [0.2, 0.25) is 0 Å². The SMILES string of the molecule is O=C(Nc1cccc(N2CCCC2)c1)c1cc2c(nn1)NCCN2Cc1cc(Cl)ccc1Cl. The van der Waals surface area contributed by atoms with Crippen molar-refractivity contribution in [3.8, 4) is 0 Å². The lowest BCUT2D eigenvalue weighted by Gasteiger charge is -2.31. The maximum Gasteiger partial charge on any atom is 0.276 e. The smallest absolute Gasteiger partial charge is 0.276 e. The standard InChI is InChI=1S/C24H24Cl2N6O/c25-17-6-7-20(26)16(12-17)15-32-11-8-27-23-22(32)14-21(29-30-23)24(33)28-18-4-3-5-19(13-18)31-9-1-2-10-31/h3-7,12-14H,1-2,8-11,15H2,(H,27,30)(H,28,33). The maximum atomic E-state index is 13.0. The molecule has 5 rings (SSSR count). The summed E-state index contributed by atoms with van der Waals surface area (Å²) in [7, 11) is 0. The Balaban J connectivity index is 1.36. The van der Waals surface area contributed by atoms with E-state index in [4.69, 9.17) is 23.2 Å². The number of amides is 1. The zero-order valence-electron chi connectivity index (χ0n) is 18.0. The van der Waals surface area contributed by atoms with Crippen LogP contribution in [0.25, 0.3) is 0 Å². The Morgan fingerprint density at radius 2 is 1.88 bits per heavy atom. The van der Waals surface area contributed by atoms with Gasteiger partial charge in [0.05, 0.1) is 5.69 Å². The number of hydrogen-bond donors (Lipinski definition) is 2. The van der Waals surface area contributed by atoms with E-state index in [2.05, 4.69) is 36.7 Å². The molecule has 1 fully saturated rings. The van der Waals surface area contributed by atoms with E-state index in [9.17, 15) is 4.79 Å². The second kappa shape index (κ2) is 9.45. The van der Waals surface area contributed by atoms with E-state index >= 15 is 0 Å². The molecule has 3 heterocycles. The first-order valence-corrected chi connectivity index (χ1v) is 11.8. The van der Waals surface area contributed by atoms with E-state index in [1.807, 2.05) is 24.3 Å². The molecule has 0 aliphatic carbocycles. The molecular weight excluding hydrogens is 459 g/mol. The van der Waals surface area contributed by atoms with Crippen molar-refractivity contribution < 1.29 is 4.79 Å². The Labute approximate surface area is 202 Å². The van der Waals surface area contributed by atoms with Crippen LogP contribution in [0.15, 0.2) is 48.5 Å². The molecule has 0 bridgehead atoms. The van der Waals surface area contributed by atoms with Crippen LogP contribution in [0.1, 0.15) is 28.9 Å². The molecule has 1 saturated heterocycles. The Hall–Kier alpha value is -3.03. The van der Waals surface area contributed by atoms with Gasteiger partial charge in [-0.25, -0.2) is 0 Å². The molecular formula is C24H24Cl2N6O. The van der Waals surface area contributed by atoms with Crippen LogP contribution in [0.5, 0.6) is 0 Å². The molecule has 0 atom stereocenters. The molecule has 2 aliphatic heterocycles. The highest BCUT2D eigenvalue weighted by Gasteiger charge is 2.22. The monoisotopic (exact) mass is 482 g/mol. The minimum Gasteiger partial charge on any atom is -0.371 e. The Kier molecular flexibility index (Phi) is 6.24. The Bertz CT molecular complexity index is 1180. The minimum atomic E-state index is -0.296. The van der Waals surface area contributed by atoms with Crippen molar-refractivity contribution in [2.24, 2.45) is 0 Å². The number of fused-ring (bicyclic) bond motifs is 1. The number of hydrogen-bond acceptors (Lipinski definition) is 6. The van der Waals surface area contributed by atoms with Crippen LogP contribution in [0.3, 0.4) is 0 Å². The Morgan fingerprint density at radius 3 is 2.73 bits per heavy atom. The number of rotatable bonds is 5. The van der Waals surface area contributed by atoms with E-state index in [1.54, 1.807) is 18.2 Å². The first-order chi connectivity index (χ1) is 16.1. The number of nitrogens with one attached hydrogen (secondary N) is 2. The maximum absolute atomic E-state index is 13.0. The Morgan fingerprint density at radius 1 is 1.03 bits per heavy atom. The first-order valence-electron chi connectivity index (χ1n) is 11.0. The van der Waals surface area contributed by atoms with E-state index in [0.717, 1.165) is 42.3 Å². The second-order valence-electron chi connectivity index (χ2n) is 8.25. The number of halogens is 2. The number of anilines is 4. The third-order valence-corrected chi connectivity index (χ3v) is 6.57. The van der Waals surface area contributed by atoms with Crippen LogP contribution in [0.2, 0.25) is 10.0 Å². The highest BCUT2D eigenvalue weighted by molar-refractivity contribution is 6.33. The molecule has 2 aliphatic rings. The van der Waals surface area contributed by atoms with Gasteiger partial charge in [-0.3, -0.25) is 4.79 Å². The fraction of sp³-hybridized carbons (Fsp3) is 0.292. The zero-order valence-corrected chi connectivity index (χ0v) is 19.5. The molecule has 0 saturated carbocycles. The van der Waals surface area contributed by atoms with Gasteiger partial charge in [0.25, 0.3) is 5.91 Å². The van der Waals surface area contributed by atoms with Crippen molar-refractivity contribution in [1.82, 2.24) is 10.2 Å². The lowest BCUT2D eigenvalue weighted by Crippen LogP contribution is -2.34. The van der Waals surface area contributed by atoms with Gasteiger partial charge in [-0.15, -0.1) is 10.2 Å². The summed E-state index contributed by atoms with van der Waals surface area (Å²) in [5.41, 5.74) is 3.84. The van der Waals surface area contributed by atoms with E-state index in [0.29, 0.717) is 29.0 Å². The summed E-state index contributed by atoms with van der Waals surface area (Å²) in [5, 5.41) is 15.9. The van der Waals surface area contributed by atoms with Crippen molar-refractivity contribution in [2.75, 3.05) is 46.6 Å². The van der Waals surface area contributed by atoms with Crippen LogP contribution in [0.4, 0.5) is 22.9 Å².